The Labute approximate surface area is 107 Å². The molecule has 0 radical (unpaired) electrons. The predicted octanol–water partition coefficient (Wildman–Crippen LogP) is 1.04. The third-order valence-corrected chi connectivity index (χ3v) is 4.37. The minimum absolute atomic E-state index is 0.287. The molecule has 5 nitrogen and oxygen atoms in total. The molecule has 6 heteroatoms. The van der Waals surface area contributed by atoms with Gasteiger partial charge in [0.2, 0.25) is 10.0 Å². The Balaban J connectivity index is 1.93. The van der Waals surface area contributed by atoms with Crippen molar-refractivity contribution >= 4 is 10.0 Å². The zero-order chi connectivity index (χ0) is 13.0. The lowest BCUT2D eigenvalue weighted by Crippen LogP contribution is -2.28. The fourth-order valence-corrected chi connectivity index (χ4v) is 3.11. The van der Waals surface area contributed by atoms with E-state index in [0.717, 1.165) is 5.56 Å². The van der Waals surface area contributed by atoms with Crippen molar-refractivity contribution in [3.05, 3.63) is 29.8 Å². The molecule has 0 unspecified atom stereocenters. The van der Waals surface area contributed by atoms with Crippen LogP contribution in [0.25, 0.3) is 0 Å². The van der Waals surface area contributed by atoms with Crippen LogP contribution in [-0.2, 0) is 19.5 Å². The van der Waals surface area contributed by atoms with Crippen LogP contribution in [-0.4, -0.2) is 34.5 Å². The van der Waals surface area contributed by atoms with Crippen LogP contribution in [0.3, 0.4) is 0 Å². The molecule has 1 N–H and O–H groups in total. The maximum absolute atomic E-state index is 12.0. The van der Waals surface area contributed by atoms with Crippen LogP contribution in [0.4, 0.5) is 0 Å². The standard InChI is InChI=1S/C12H17NO4S/c1-10-4-2-3-5-11(10)18(14,15)13-7-6-12-16-8-9-17-12/h2-5,12-13H,6-9H2,1H3. The van der Waals surface area contributed by atoms with Crippen molar-refractivity contribution in [1.82, 2.24) is 4.72 Å². The highest BCUT2D eigenvalue weighted by Crippen LogP contribution is 2.14. The number of hydrogen-bond acceptors (Lipinski definition) is 4. The van der Waals surface area contributed by atoms with Crippen LogP contribution in [0.5, 0.6) is 0 Å². The van der Waals surface area contributed by atoms with E-state index in [1.54, 1.807) is 25.1 Å². The number of sulfonamides is 1. The Kier molecular flexibility index (Phi) is 4.34. The van der Waals surface area contributed by atoms with Crippen molar-refractivity contribution in [1.29, 1.82) is 0 Å². The van der Waals surface area contributed by atoms with Gasteiger partial charge in [0, 0.05) is 13.0 Å². The summed E-state index contributed by atoms with van der Waals surface area (Å²) in [5.74, 6) is 0. The third-order valence-electron chi connectivity index (χ3n) is 2.75. The van der Waals surface area contributed by atoms with Gasteiger partial charge in [-0.2, -0.15) is 0 Å². The summed E-state index contributed by atoms with van der Waals surface area (Å²) in [7, 11) is -3.44. The molecule has 0 atom stereocenters. The van der Waals surface area contributed by atoms with Crippen molar-refractivity contribution in [3.8, 4) is 0 Å². The molecule has 1 saturated heterocycles. The SMILES string of the molecule is Cc1ccccc1S(=O)(=O)NCCC1OCCO1. The number of rotatable bonds is 5. The largest absolute Gasteiger partial charge is 0.350 e. The van der Waals surface area contributed by atoms with E-state index < -0.39 is 10.0 Å². The zero-order valence-corrected chi connectivity index (χ0v) is 11.1. The number of hydrogen-bond donors (Lipinski definition) is 1. The molecule has 1 aliphatic rings. The third kappa shape index (κ3) is 3.29. The monoisotopic (exact) mass is 271 g/mol. The summed E-state index contributed by atoms with van der Waals surface area (Å²) in [6, 6.07) is 6.90. The fourth-order valence-electron chi connectivity index (χ4n) is 1.82. The molecule has 1 fully saturated rings. The normalized spacial score (nSPS) is 17.2. The molecule has 0 aliphatic carbocycles. The van der Waals surface area contributed by atoms with Crippen LogP contribution in [0.2, 0.25) is 0 Å². The first-order chi connectivity index (χ1) is 8.59. The second-order valence-corrected chi connectivity index (χ2v) is 5.86. The average molecular weight is 271 g/mol. The average Bonchev–Trinajstić information content (AvgIpc) is 2.82. The van der Waals surface area contributed by atoms with Gasteiger partial charge < -0.3 is 9.47 Å². The van der Waals surface area contributed by atoms with Gasteiger partial charge in [-0.3, -0.25) is 0 Å². The summed E-state index contributed by atoms with van der Waals surface area (Å²) in [5.41, 5.74) is 0.735. The molecule has 100 valence electrons. The Morgan fingerprint density at radius 3 is 2.61 bits per heavy atom. The summed E-state index contributed by atoms with van der Waals surface area (Å²) < 4.78 is 37.1. The summed E-state index contributed by atoms with van der Waals surface area (Å²) in [4.78, 5) is 0.318. The first kappa shape index (κ1) is 13.5. The number of aryl methyl sites for hydroxylation is 1. The van der Waals surface area contributed by atoms with E-state index in [-0.39, 0.29) is 6.29 Å². The van der Waals surface area contributed by atoms with Crippen LogP contribution in [0.1, 0.15) is 12.0 Å². The molecule has 0 amide bonds. The summed E-state index contributed by atoms with van der Waals surface area (Å²) >= 11 is 0. The smallest absolute Gasteiger partial charge is 0.240 e. The number of nitrogens with one attached hydrogen (secondary N) is 1. The highest BCUT2D eigenvalue weighted by molar-refractivity contribution is 7.89. The lowest BCUT2D eigenvalue weighted by Gasteiger charge is -2.11. The van der Waals surface area contributed by atoms with Gasteiger partial charge in [-0.15, -0.1) is 0 Å². The van der Waals surface area contributed by atoms with Gasteiger partial charge >= 0.3 is 0 Å². The lowest BCUT2D eigenvalue weighted by atomic mass is 10.2. The van der Waals surface area contributed by atoms with Gasteiger partial charge in [-0.25, -0.2) is 13.1 Å². The van der Waals surface area contributed by atoms with E-state index in [1.165, 1.54) is 0 Å². The first-order valence-corrected chi connectivity index (χ1v) is 7.36. The molecular formula is C12H17NO4S. The summed E-state index contributed by atoms with van der Waals surface area (Å²) in [6.45, 7) is 3.24. The highest BCUT2D eigenvalue weighted by atomic mass is 32.2. The molecule has 0 spiro atoms. The second-order valence-electron chi connectivity index (χ2n) is 4.12. The van der Waals surface area contributed by atoms with Crippen LogP contribution in [0, 0.1) is 6.92 Å². The highest BCUT2D eigenvalue weighted by Gasteiger charge is 2.19. The molecule has 1 heterocycles. The van der Waals surface area contributed by atoms with Crippen molar-refractivity contribution in [2.75, 3.05) is 19.8 Å². The van der Waals surface area contributed by atoms with E-state index in [4.69, 9.17) is 9.47 Å². The van der Waals surface area contributed by atoms with Crippen molar-refractivity contribution in [2.45, 2.75) is 24.5 Å². The van der Waals surface area contributed by atoms with E-state index in [0.29, 0.717) is 31.1 Å². The number of ether oxygens (including phenoxy) is 2. The van der Waals surface area contributed by atoms with Gasteiger partial charge in [0.05, 0.1) is 18.1 Å². The zero-order valence-electron chi connectivity index (χ0n) is 10.3. The molecule has 0 aromatic heterocycles. The molecule has 0 saturated carbocycles. The minimum Gasteiger partial charge on any atom is -0.350 e. The molecule has 1 aromatic rings. The van der Waals surface area contributed by atoms with E-state index >= 15 is 0 Å². The Hall–Kier alpha value is -0.950. The lowest BCUT2D eigenvalue weighted by molar-refractivity contribution is -0.0451. The predicted molar refractivity (Wildman–Crippen MR) is 66.7 cm³/mol. The first-order valence-electron chi connectivity index (χ1n) is 5.88. The van der Waals surface area contributed by atoms with E-state index in [1.807, 2.05) is 6.07 Å². The van der Waals surface area contributed by atoms with Crippen LogP contribution >= 0.6 is 0 Å². The van der Waals surface area contributed by atoms with Crippen molar-refractivity contribution < 1.29 is 17.9 Å². The van der Waals surface area contributed by atoms with Crippen molar-refractivity contribution in [3.63, 3.8) is 0 Å². The Morgan fingerprint density at radius 1 is 1.28 bits per heavy atom. The molecule has 1 aliphatic heterocycles. The molecule has 18 heavy (non-hydrogen) atoms. The Bertz CT molecular complexity index is 495. The number of benzene rings is 1. The summed E-state index contributed by atoms with van der Waals surface area (Å²) in [6.07, 6.45) is 0.232. The maximum atomic E-state index is 12.0. The van der Waals surface area contributed by atoms with Gasteiger partial charge in [0.25, 0.3) is 0 Å². The van der Waals surface area contributed by atoms with Gasteiger partial charge in [0.1, 0.15) is 0 Å². The van der Waals surface area contributed by atoms with Gasteiger partial charge in [-0.1, -0.05) is 18.2 Å². The van der Waals surface area contributed by atoms with E-state index in [9.17, 15) is 8.42 Å². The second kappa shape index (κ2) is 5.79. The van der Waals surface area contributed by atoms with E-state index in [2.05, 4.69) is 4.72 Å². The topological polar surface area (TPSA) is 64.6 Å². The summed E-state index contributed by atoms with van der Waals surface area (Å²) in [5, 5.41) is 0. The molecular weight excluding hydrogens is 254 g/mol. The minimum atomic E-state index is -3.44. The van der Waals surface area contributed by atoms with Crippen molar-refractivity contribution in [2.24, 2.45) is 0 Å². The molecule has 1 aromatic carbocycles. The maximum Gasteiger partial charge on any atom is 0.240 e. The Morgan fingerprint density at radius 2 is 1.94 bits per heavy atom. The molecule has 0 bridgehead atoms. The van der Waals surface area contributed by atoms with Gasteiger partial charge in [0.15, 0.2) is 6.29 Å². The molecule has 2 rings (SSSR count). The quantitative estimate of drug-likeness (QED) is 0.869. The van der Waals surface area contributed by atoms with Crippen LogP contribution < -0.4 is 4.72 Å². The van der Waals surface area contributed by atoms with Gasteiger partial charge in [-0.05, 0) is 18.6 Å². The van der Waals surface area contributed by atoms with Crippen LogP contribution in [0.15, 0.2) is 29.2 Å². The fraction of sp³-hybridized carbons (Fsp3) is 0.500.